The number of piperazine rings is 1. The van der Waals surface area contributed by atoms with Crippen LogP contribution in [0.1, 0.15) is 21.5 Å². The van der Waals surface area contributed by atoms with Gasteiger partial charge in [0.15, 0.2) is 5.76 Å². The van der Waals surface area contributed by atoms with Crippen molar-refractivity contribution in [2.45, 2.75) is 11.4 Å². The zero-order valence-electron chi connectivity index (χ0n) is 21.3. The van der Waals surface area contributed by atoms with Crippen LogP contribution in [0.15, 0.2) is 71.4 Å². The number of phenolic OH excluding ortho intramolecular Hbond substituents is 1. The standard InChI is InChI=1S/C28H23Cl2N3O5S.2ClH/c29-21-5-3-6-22(30)28(21)39(36,37)33-15-17(18-4-1-2-7-23(18)33)14-25-26(35)19-8-9-24(34)20(27(19)38-25)16-32-12-10-31-11-13-32;;/h1-9,14-15,31,34H,10-13,16H2;2*1H. The molecule has 0 spiro atoms. The molecule has 0 bridgehead atoms. The molecule has 2 N–H and O–H groups in total. The lowest BCUT2D eigenvalue weighted by Crippen LogP contribution is -2.42. The highest BCUT2D eigenvalue weighted by atomic mass is 35.5. The van der Waals surface area contributed by atoms with Crippen molar-refractivity contribution in [1.82, 2.24) is 14.2 Å². The number of aromatic hydroxyl groups is 1. The average molecular weight is 657 g/mol. The van der Waals surface area contributed by atoms with Gasteiger partial charge in [-0.3, -0.25) is 9.69 Å². The van der Waals surface area contributed by atoms with Crippen LogP contribution < -0.4 is 10.1 Å². The van der Waals surface area contributed by atoms with Crippen molar-refractivity contribution in [3.8, 4) is 11.5 Å². The molecule has 0 radical (unpaired) electrons. The number of nitrogens with zero attached hydrogens (tertiary/aromatic N) is 2. The van der Waals surface area contributed by atoms with Gasteiger partial charge in [-0.1, -0.05) is 47.5 Å². The number of phenols is 1. The predicted octanol–water partition coefficient (Wildman–Crippen LogP) is 5.76. The van der Waals surface area contributed by atoms with Gasteiger partial charge in [0, 0.05) is 49.9 Å². The topological polar surface area (TPSA) is 101 Å². The lowest BCUT2D eigenvalue weighted by molar-refractivity contribution is 0.101. The summed E-state index contributed by atoms with van der Waals surface area (Å²) in [6.07, 6.45) is 2.95. The molecule has 0 amide bonds. The molecule has 3 heterocycles. The molecule has 0 atom stereocenters. The highest BCUT2D eigenvalue weighted by molar-refractivity contribution is 7.90. The molecule has 6 rings (SSSR count). The summed E-state index contributed by atoms with van der Waals surface area (Å²) < 4.78 is 34.5. The highest BCUT2D eigenvalue weighted by Crippen LogP contribution is 2.41. The summed E-state index contributed by atoms with van der Waals surface area (Å²) in [5.74, 6) is 0.0678. The van der Waals surface area contributed by atoms with Gasteiger partial charge in [0.1, 0.15) is 16.4 Å². The molecule has 1 saturated heterocycles. The minimum absolute atomic E-state index is 0. The van der Waals surface area contributed by atoms with Crippen LogP contribution >= 0.6 is 48.0 Å². The summed E-state index contributed by atoms with van der Waals surface area (Å²) in [5, 5.41) is 14.5. The van der Waals surface area contributed by atoms with E-state index in [-0.39, 0.29) is 57.0 Å². The number of benzene rings is 3. The number of para-hydroxylation sites is 1. The van der Waals surface area contributed by atoms with Crippen molar-refractivity contribution in [3.63, 3.8) is 0 Å². The van der Waals surface area contributed by atoms with Crippen LogP contribution in [0.5, 0.6) is 11.5 Å². The summed E-state index contributed by atoms with van der Waals surface area (Å²) in [6, 6.07) is 14.5. The number of ketones is 1. The van der Waals surface area contributed by atoms with Gasteiger partial charge in [-0.05, 0) is 36.4 Å². The first-order valence-electron chi connectivity index (χ1n) is 12.3. The Kier molecular flexibility index (Phi) is 9.30. The van der Waals surface area contributed by atoms with Crippen molar-refractivity contribution < 1.29 is 23.1 Å². The first-order valence-corrected chi connectivity index (χ1v) is 14.5. The number of allylic oxidation sites excluding steroid dienone is 1. The van der Waals surface area contributed by atoms with E-state index in [1.807, 2.05) is 0 Å². The minimum atomic E-state index is -4.18. The van der Waals surface area contributed by atoms with E-state index >= 15 is 0 Å². The molecule has 8 nitrogen and oxygen atoms in total. The molecule has 2 aliphatic heterocycles. The summed E-state index contributed by atoms with van der Waals surface area (Å²) in [6.45, 7) is 3.74. The number of rotatable bonds is 5. The Balaban J connectivity index is 0.00000194. The van der Waals surface area contributed by atoms with Gasteiger partial charge in [0.25, 0.3) is 10.0 Å². The number of Topliss-reactive ketones (excluding diaryl/α,β-unsaturated/α-hetero) is 1. The van der Waals surface area contributed by atoms with Gasteiger partial charge < -0.3 is 15.2 Å². The third-order valence-electron chi connectivity index (χ3n) is 6.94. The fourth-order valence-corrected chi connectivity index (χ4v) is 7.48. The summed E-state index contributed by atoms with van der Waals surface area (Å²) >= 11 is 12.5. The number of nitrogens with one attached hydrogen (secondary N) is 1. The van der Waals surface area contributed by atoms with Gasteiger partial charge >= 0.3 is 0 Å². The zero-order valence-corrected chi connectivity index (χ0v) is 25.3. The quantitative estimate of drug-likeness (QED) is 0.264. The van der Waals surface area contributed by atoms with Gasteiger partial charge in [-0.2, -0.15) is 0 Å². The monoisotopic (exact) mass is 655 g/mol. The summed E-state index contributed by atoms with van der Waals surface area (Å²) in [7, 11) is -4.18. The van der Waals surface area contributed by atoms with E-state index in [9.17, 15) is 18.3 Å². The Morgan fingerprint density at radius 2 is 1.66 bits per heavy atom. The maximum Gasteiger partial charge on any atom is 0.271 e. The highest BCUT2D eigenvalue weighted by Gasteiger charge is 2.33. The number of halogens is 4. The Morgan fingerprint density at radius 1 is 0.976 bits per heavy atom. The zero-order chi connectivity index (χ0) is 27.3. The Labute approximate surface area is 259 Å². The molecule has 4 aromatic rings. The third kappa shape index (κ3) is 5.56. The molecular weight excluding hydrogens is 632 g/mol. The van der Waals surface area contributed by atoms with E-state index in [4.69, 9.17) is 27.9 Å². The van der Waals surface area contributed by atoms with Gasteiger partial charge in [0.2, 0.25) is 5.78 Å². The van der Waals surface area contributed by atoms with Gasteiger partial charge in [0.05, 0.1) is 26.7 Å². The Bertz CT molecular complexity index is 1760. The molecule has 0 saturated carbocycles. The number of hydrogen-bond acceptors (Lipinski definition) is 7. The second kappa shape index (κ2) is 12.2. The normalized spacial score (nSPS) is 16.2. The maximum atomic E-state index is 13.7. The van der Waals surface area contributed by atoms with Crippen LogP contribution in [-0.2, 0) is 16.6 Å². The molecule has 2 aliphatic rings. The van der Waals surface area contributed by atoms with Crippen molar-refractivity contribution in [2.75, 3.05) is 26.2 Å². The number of aromatic nitrogens is 1. The average Bonchev–Trinajstić information content (AvgIpc) is 3.45. The summed E-state index contributed by atoms with van der Waals surface area (Å²) in [4.78, 5) is 15.3. The SMILES string of the molecule is Cl.Cl.O=C1C(=Cc2cn(S(=O)(=O)c3c(Cl)cccc3Cl)c3ccccc23)Oc2c1ccc(O)c2CN1CCNCC1. The smallest absolute Gasteiger partial charge is 0.271 e. The molecule has 1 fully saturated rings. The number of fused-ring (bicyclic) bond motifs is 2. The first-order chi connectivity index (χ1) is 18.8. The van der Waals surface area contributed by atoms with Crippen molar-refractivity contribution in [3.05, 3.63) is 93.3 Å². The number of hydrogen-bond donors (Lipinski definition) is 2. The molecule has 3 aromatic carbocycles. The first kappa shape index (κ1) is 31.2. The van der Waals surface area contributed by atoms with E-state index in [1.165, 1.54) is 30.5 Å². The van der Waals surface area contributed by atoms with E-state index in [0.29, 0.717) is 39.9 Å². The Morgan fingerprint density at radius 3 is 2.37 bits per heavy atom. The fraction of sp³-hybridized carbons (Fsp3) is 0.179. The van der Waals surface area contributed by atoms with Crippen LogP contribution in [0, 0.1) is 0 Å². The van der Waals surface area contributed by atoms with E-state index in [0.717, 1.165) is 30.2 Å². The van der Waals surface area contributed by atoms with Crippen LogP contribution in [-0.4, -0.2) is 54.4 Å². The molecule has 13 heteroatoms. The van der Waals surface area contributed by atoms with Gasteiger partial charge in [-0.25, -0.2) is 12.4 Å². The van der Waals surface area contributed by atoms with E-state index in [2.05, 4.69) is 10.2 Å². The van der Waals surface area contributed by atoms with Crippen LogP contribution in [0.2, 0.25) is 10.0 Å². The minimum Gasteiger partial charge on any atom is -0.507 e. The van der Waals surface area contributed by atoms with Crippen LogP contribution in [0.4, 0.5) is 0 Å². The lowest BCUT2D eigenvalue weighted by Gasteiger charge is -2.27. The van der Waals surface area contributed by atoms with Gasteiger partial charge in [-0.15, -0.1) is 24.8 Å². The molecule has 1 aromatic heterocycles. The second-order valence-electron chi connectivity index (χ2n) is 9.36. The van der Waals surface area contributed by atoms with E-state index in [1.54, 1.807) is 36.4 Å². The Hall–Kier alpha value is -2.76. The molecule has 0 unspecified atom stereocenters. The molecular formula is C28H25Cl4N3O5S. The molecule has 41 heavy (non-hydrogen) atoms. The van der Waals surface area contributed by atoms with Crippen LogP contribution in [0.3, 0.4) is 0 Å². The lowest BCUT2D eigenvalue weighted by atomic mass is 10.0. The van der Waals surface area contributed by atoms with Crippen molar-refractivity contribution in [1.29, 1.82) is 0 Å². The van der Waals surface area contributed by atoms with Crippen LogP contribution in [0.25, 0.3) is 17.0 Å². The summed E-state index contributed by atoms with van der Waals surface area (Å²) in [5.41, 5.74) is 1.75. The maximum absolute atomic E-state index is 13.7. The fourth-order valence-electron chi connectivity index (χ4n) is 5.00. The number of carbonyl (C=O) groups excluding carboxylic acids is 1. The number of ether oxygens (including phenoxy) is 1. The third-order valence-corrected chi connectivity index (χ3v) is 9.57. The molecule has 216 valence electrons. The molecule has 0 aliphatic carbocycles. The van der Waals surface area contributed by atoms with E-state index < -0.39 is 10.0 Å². The largest absolute Gasteiger partial charge is 0.507 e. The number of carbonyl (C=O) groups is 1. The second-order valence-corrected chi connectivity index (χ2v) is 11.9. The predicted molar refractivity (Wildman–Crippen MR) is 165 cm³/mol. The van der Waals surface area contributed by atoms with Crippen molar-refractivity contribution >= 4 is 80.8 Å². The van der Waals surface area contributed by atoms with Crippen molar-refractivity contribution in [2.24, 2.45) is 0 Å².